The molecule has 0 spiro atoms. The van der Waals surface area contributed by atoms with Gasteiger partial charge in [-0.15, -0.1) is 0 Å². The lowest BCUT2D eigenvalue weighted by Gasteiger charge is -2.18. The molecule has 0 saturated carbocycles. The molecule has 0 N–H and O–H groups in total. The van der Waals surface area contributed by atoms with E-state index in [1.54, 1.807) is 0 Å². The van der Waals surface area contributed by atoms with Crippen LogP contribution in [-0.4, -0.2) is 37.2 Å². The predicted octanol–water partition coefficient (Wildman–Crippen LogP) is 19.3. The first kappa shape index (κ1) is 63.4. The van der Waals surface area contributed by atoms with Gasteiger partial charge in [-0.25, -0.2) is 0 Å². The zero-order valence-corrected chi connectivity index (χ0v) is 44.6. The van der Waals surface area contributed by atoms with Crippen molar-refractivity contribution in [2.24, 2.45) is 11.8 Å². The molecule has 0 unspecified atom stereocenters. The topological polar surface area (TPSA) is 78.9 Å². The molecule has 0 fully saturated rings. The van der Waals surface area contributed by atoms with E-state index in [0.29, 0.717) is 19.3 Å². The van der Waals surface area contributed by atoms with E-state index >= 15 is 0 Å². The summed E-state index contributed by atoms with van der Waals surface area (Å²) < 4.78 is 16.9. The average Bonchev–Trinajstić information content (AvgIpc) is 3.28. The highest BCUT2D eigenvalue weighted by Crippen LogP contribution is 2.18. The van der Waals surface area contributed by atoms with Crippen molar-refractivity contribution in [2.45, 2.75) is 336 Å². The Morgan fingerprint density at radius 3 is 0.754 bits per heavy atom. The Bertz CT molecular complexity index is 993. The van der Waals surface area contributed by atoms with Gasteiger partial charge in [-0.3, -0.25) is 14.4 Å². The molecular weight excluding hydrogens is 805 g/mol. The second-order valence-corrected chi connectivity index (χ2v) is 21.2. The van der Waals surface area contributed by atoms with E-state index in [2.05, 4.69) is 34.6 Å². The van der Waals surface area contributed by atoms with Crippen LogP contribution in [0.1, 0.15) is 330 Å². The molecule has 0 aliphatic carbocycles. The van der Waals surface area contributed by atoms with Gasteiger partial charge < -0.3 is 14.2 Å². The Labute approximate surface area is 406 Å². The van der Waals surface area contributed by atoms with Gasteiger partial charge in [0.15, 0.2) is 6.10 Å². The number of carbonyl (C=O) groups excluding carboxylic acids is 3. The van der Waals surface area contributed by atoms with E-state index in [1.165, 1.54) is 218 Å². The molecule has 0 amide bonds. The SMILES string of the molecule is CCCCCCCCCCCCCCCCCCCC(=O)OC[C@H](COC(=O)CCCCCCCCCCCCCCCCC(C)C)OC(=O)CCCCCCCCCCCCC(C)C. The monoisotopic (exact) mass is 919 g/mol. The Balaban J connectivity index is 4.28. The van der Waals surface area contributed by atoms with Gasteiger partial charge in [0, 0.05) is 19.3 Å². The molecule has 0 aromatic rings. The van der Waals surface area contributed by atoms with Gasteiger partial charge in [0.2, 0.25) is 0 Å². The number of esters is 3. The molecule has 0 saturated heterocycles. The minimum atomic E-state index is -0.763. The first-order valence-corrected chi connectivity index (χ1v) is 29.2. The van der Waals surface area contributed by atoms with Crippen LogP contribution in [0.3, 0.4) is 0 Å². The third kappa shape index (κ3) is 53.2. The number of carbonyl (C=O) groups is 3. The Kier molecular flexibility index (Phi) is 50.5. The number of hydrogen-bond donors (Lipinski definition) is 0. The smallest absolute Gasteiger partial charge is 0.306 e. The lowest BCUT2D eigenvalue weighted by Crippen LogP contribution is -2.30. The van der Waals surface area contributed by atoms with Crippen LogP contribution in [0.15, 0.2) is 0 Å². The van der Waals surface area contributed by atoms with Gasteiger partial charge >= 0.3 is 17.9 Å². The number of rotatable bonds is 53. The molecule has 0 aromatic carbocycles. The molecule has 0 aliphatic rings. The van der Waals surface area contributed by atoms with E-state index in [1.807, 2.05) is 0 Å². The largest absolute Gasteiger partial charge is 0.462 e. The molecule has 0 bridgehead atoms. The van der Waals surface area contributed by atoms with Crippen molar-refractivity contribution >= 4 is 17.9 Å². The van der Waals surface area contributed by atoms with Crippen LogP contribution in [0, 0.1) is 11.8 Å². The molecule has 0 radical (unpaired) electrons. The van der Waals surface area contributed by atoms with Crippen molar-refractivity contribution in [3.05, 3.63) is 0 Å². The van der Waals surface area contributed by atoms with Crippen LogP contribution in [0.2, 0.25) is 0 Å². The third-order valence-electron chi connectivity index (χ3n) is 13.5. The Morgan fingerprint density at radius 2 is 0.508 bits per heavy atom. The number of hydrogen-bond acceptors (Lipinski definition) is 6. The summed E-state index contributed by atoms with van der Waals surface area (Å²) in [6.07, 6.45) is 55.2. The average molecular weight is 920 g/mol. The van der Waals surface area contributed by atoms with Crippen molar-refractivity contribution in [3.8, 4) is 0 Å². The summed E-state index contributed by atoms with van der Waals surface area (Å²) in [6.45, 7) is 11.4. The van der Waals surface area contributed by atoms with Crippen LogP contribution in [0.25, 0.3) is 0 Å². The van der Waals surface area contributed by atoms with Crippen molar-refractivity contribution in [2.75, 3.05) is 13.2 Å². The fraction of sp³-hybridized carbons (Fsp3) is 0.949. The summed E-state index contributed by atoms with van der Waals surface area (Å²) in [5.74, 6) is 0.822. The maximum atomic E-state index is 12.8. The maximum absolute atomic E-state index is 12.8. The first-order chi connectivity index (χ1) is 31.7. The normalized spacial score (nSPS) is 12.0. The zero-order valence-electron chi connectivity index (χ0n) is 44.6. The quantitative estimate of drug-likeness (QED) is 0.0344. The fourth-order valence-corrected chi connectivity index (χ4v) is 9.05. The highest BCUT2D eigenvalue weighted by molar-refractivity contribution is 5.71. The van der Waals surface area contributed by atoms with Gasteiger partial charge in [0.25, 0.3) is 0 Å². The highest BCUT2D eigenvalue weighted by Gasteiger charge is 2.19. The molecular formula is C59H114O6. The highest BCUT2D eigenvalue weighted by atomic mass is 16.6. The molecule has 6 nitrogen and oxygen atoms in total. The number of unbranched alkanes of at least 4 members (excludes halogenated alkanes) is 38. The molecule has 6 heteroatoms. The third-order valence-corrected chi connectivity index (χ3v) is 13.5. The summed E-state index contributed by atoms with van der Waals surface area (Å²) in [4.78, 5) is 38.1. The Morgan fingerprint density at radius 1 is 0.292 bits per heavy atom. The molecule has 0 heterocycles. The van der Waals surface area contributed by atoms with Gasteiger partial charge in [-0.2, -0.15) is 0 Å². The standard InChI is InChI=1S/C59H114O6/c1-6-7-8-9-10-11-12-13-14-15-16-20-23-29-34-39-44-49-57(60)63-52-56(65-59(62)51-46-41-36-31-26-25-28-33-38-43-48-55(4)5)53-64-58(61)50-45-40-35-30-24-21-18-17-19-22-27-32-37-42-47-54(2)3/h54-56H,6-53H2,1-5H3/t56-/m1/s1. The molecule has 0 rings (SSSR count). The second kappa shape index (κ2) is 51.8. The van der Waals surface area contributed by atoms with Crippen molar-refractivity contribution < 1.29 is 28.6 Å². The van der Waals surface area contributed by atoms with Crippen molar-refractivity contribution in [3.63, 3.8) is 0 Å². The number of ether oxygens (including phenoxy) is 3. The van der Waals surface area contributed by atoms with Gasteiger partial charge in [0.05, 0.1) is 0 Å². The van der Waals surface area contributed by atoms with Crippen molar-refractivity contribution in [1.82, 2.24) is 0 Å². The summed E-state index contributed by atoms with van der Waals surface area (Å²) in [5.41, 5.74) is 0. The summed E-state index contributed by atoms with van der Waals surface area (Å²) >= 11 is 0. The van der Waals surface area contributed by atoms with E-state index in [-0.39, 0.29) is 31.1 Å². The Hall–Kier alpha value is -1.59. The van der Waals surface area contributed by atoms with E-state index < -0.39 is 6.10 Å². The molecule has 0 aromatic heterocycles. The lowest BCUT2D eigenvalue weighted by atomic mass is 10.0. The van der Waals surface area contributed by atoms with Gasteiger partial charge in [-0.05, 0) is 31.1 Å². The summed E-state index contributed by atoms with van der Waals surface area (Å²) in [5, 5.41) is 0. The van der Waals surface area contributed by atoms with E-state index in [4.69, 9.17) is 14.2 Å². The molecule has 386 valence electrons. The summed E-state index contributed by atoms with van der Waals surface area (Å²) in [6, 6.07) is 0. The van der Waals surface area contributed by atoms with E-state index in [9.17, 15) is 14.4 Å². The van der Waals surface area contributed by atoms with Crippen LogP contribution in [-0.2, 0) is 28.6 Å². The maximum Gasteiger partial charge on any atom is 0.306 e. The van der Waals surface area contributed by atoms with Crippen molar-refractivity contribution in [1.29, 1.82) is 0 Å². The van der Waals surface area contributed by atoms with Gasteiger partial charge in [0.1, 0.15) is 13.2 Å². The second-order valence-electron chi connectivity index (χ2n) is 21.2. The van der Waals surface area contributed by atoms with Crippen LogP contribution < -0.4 is 0 Å². The molecule has 1 atom stereocenters. The van der Waals surface area contributed by atoms with Crippen LogP contribution >= 0.6 is 0 Å². The zero-order chi connectivity index (χ0) is 47.5. The van der Waals surface area contributed by atoms with Gasteiger partial charge in [-0.1, -0.05) is 291 Å². The predicted molar refractivity (Wildman–Crippen MR) is 280 cm³/mol. The summed E-state index contributed by atoms with van der Waals surface area (Å²) in [7, 11) is 0. The minimum Gasteiger partial charge on any atom is -0.462 e. The molecule has 0 aliphatic heterocycles. The van der Waals surface area contributed by atoms with E-state index in [0.717, 1.165) is 69.6 Å². The van der Waals surface area contributed by atoms with Crippen LogP contribution in [0.4, 0.5) is 0 Å². The minimum absolute atomic E-state index is 0.0628. The fourth-order valence-electron chi connectivity index (χ4n) is 9.05. The molecule has 65 heavy (non-hydrogen) atoms. The lowest BCUT2D eigenvalue weighted by molar-refractivity contribution is -0.167. The van der Waals surface area contributed by atoms with Crippen LogP contribution in [0.5, 0.6) is 0 Å². The first-order valence-electron chi connectivity index (χ1n) is 29.2.